The highest BCUT2D eigenvalue weighted by Gasteiger charge is 2.18. The summed E-state index contributed by atoms with van der Waals surface area (Å²) in [6.07, 6.45) is 3.94. The van der Waals surface area contributed by atoms with E-state index in [1.54, 1.807) is 37.4 Å². The van der Waals surface area contributed by atoms with Crippen molar-refractivity contribution in [1.29, 1.82) is 0 Å². The Balaban J connectivity index is 1.76. The molecular formula is C20H19FN2O2. The Kier molecular flexibility index (Phi) is 5.14. The Hall–Kier alpha value is -3.08. The molecule has 0 saturated carbocycles. The number of hydrogen-bond acceptors (Lipinski definition) is 2. The van der Waals surface area contributed by atoms with Crippen LogP contribution in [0.25, 0.3) is 0 Å². The first-order valence-corrected chi connectivity index (χ1v) is 7.97. The zero-order chi connectivity index (χ0) is 17.6. The Morgan fingerprint density at radius 1 is 1.12 bits per heavy atom. The summed E-state index contributed by atoms with van der Waals surface area (Å²) in [5, 5.41) is 2.87. The Morgan fingerprint density at radius 2 is 1.84 bits per heavy atom. The third-order valence-corrected chi connectivity index (χ3v) is 3.97. The van der Waals surface area contributed by atoms with Gasteiger partial charge in [-0.25, -0.2) is 4.39 Å². The highest BCUT2D eigenvalue weighted by atomic mass is 19.1. The van der Waals surface area contributed by atoms with Gasteiger partial charge in [-0.1, -0.05) is 12.1 Å². The van der Waals surface area contributed by atoms with Crippen LogP contribution in [0.4, 0.5) is 10.1 Å². The molecule has 0 fully saturated rings. The molecular weight excluding hydrogens is 319 g/mol. The monoisotopic (exact) mass is 338 g/mol. The van der Waals surface area contributed by atoms with Crippen LogP contribution >= 0.6 is 0 Å². The van der Waals surface area contributed by atoms with Crippen molar-refractivity contribution in [3.8, 4) is 5.75 Å². The SMILES string of the molecule is COc1ccc(NC(=O)CC(c2cccc(F)c2)n2cccc2)cc1. The molecule has 1 N–H and O–H groups in total. The Bertz CT molecular complexity index is 829. The summed E-state index contributed by atoms with van der Waals surface area (Å²) in [4.78, 5) is 12.5. The van der Waals surface area contributed by atoms with E-state index >= 15 is 0 Å². The average Bonchev–Trinajstić information content (AvgIpc) is 3.14. The molecule has 4 nitrogen and oxygen atoms in total. The summed E-state index contributed by atoms with van der Waals surface area (Å²) < 4.78 is 20.6. The van der Waals surface area contributed by atoms with E-state index in [-0.39, 0.29) is 24.2 Å². The van der Waals surface area contributed by atoms with Gasteiger partial charge in [-0.3, -0.25) is 4.79 Å². The predicted octanol–water partition coefficient (Wildman–Crippen LogP) is 4.25. The second-order valence-electron chi connectivity index (χ2n) is 5.68. The summed E-state index contributed by atoms with van der Waals surface area (Å²) in [5.41, 5.74) is 1.44. The zero-order valence-electron chi connectivity index (χ0n) is 13.9. The largest absolute Gasteiger partial charge is 0.497 e. The molecule has 5 heteroatoms. The minimum atomic E-state index is -0.315. The smallest absolute Gasteiger partial charge is 0.226 e. The molecule has 25 heavy (non-hydrogen) atoms. The molecule has 0 saturated heterocycles. The molecule has 1 aromatic heterocycles. The molecule has 1 amide bonds. The molecule has 128 valence electrons. The van der Waals surface area contributed by atoms with Gasteiger partial charge in [0.2, 0.25) is 5.91 Å². The minimum Gasteiger partial charge on any atom is -0.497 e. The van der Waals surface area contributed by atoms with Crippen LogP contribution in [0.5, 0.6) is 5.75 Å². The minimum absolute atomic E-state index is 0.145. The number of halogens is 1. The van der Waals surface area contributed by atoms with E-state index in [2.05, 4.69) is 5.32 Å². The van der Waals surface area contributed by atoms with E-state index in [1.807, 2.05) is 35.2 Å². The molecule has 0 radical (unpaired) electrons. The standard InChI is InChI=1S/C20H19FN2O2/c1-25-18-9-7-17(8-10-18)22-20(24)14-19(23-11-2-3-12-23)15-5-4-6-16(21)13-15/h2-13,19H,14H2,1H3,(H,22,24). The molecule has 1 heterocycles. The van der Waals surface area contributed by atoms with Crippen LogP contribution in [-0.2, 0) is 4.79 Å². The van der Waals surface area contributed by atoms with Gasteiger partial charge in [-0.2, -0.15) is 0 Å². The van der Waals surface area contributed by atoms with Gasteiger partial charge in [0.15, 0.2) is 0 Å². The predicted molar refractivity (Wildman–Crippen MR) is 95.2 cm³/mol. The first kappa shape index (κ1) is 16.8. The fourth-order valence-corrected chi connectivity index (χ4v) is 2.73. The number of amides is 1. The molecule has 1 unspecified atom stereocenters. The highest BCUT2D eigenvalue weighted by molar-refractivity contribution is 5.91. The second-order valence-corrected chi connectivity index (χ2v) is 5.68. The molecule has 2 aromatic carbocycles. The van der Waals surface area contributed by atoms with Crippen LogP contribution in [-0.4, -0.2) is 17.6 Å². The fraction of sp³-hybridized carbons (Fsp3) is 0.150. The lowest BCUT2D eigenvalue weighted by atomic mass is 10.0. The molecule has 3 rings (SSSR count). The molecule has 3 aromatic rings. The average molecular weight is 338 g/mol. The molecule has 0 bridgehead atoms. The van der Waals surface area contributed by atoms with Crippen LogP contribution in [0, 0.1) is 5.82 Å². The van der Waals surface area contributed by atoms with E-state index in [0.29, 0.717) is 5.69 Å². The number of benzene rings is 2. The molecule has 0 aliphatic rings. The number of nitrogens with one attached hydrogen (secondary N) is 1. The first-order chi connectivity index (χ1) is 12.2. The number of hydrogen-bond donors (Lipinski definition) is 1. The van der Waals surface area contributed by atoms with Crippen molar-refractivity contribution in [3.63, 3.8) is 0 Å². The number of carbonyl (C=O) groups is 1. The van der Waals surface area contributed by atoms with Crippen molar-refractivity contribution in [2.45, 2.75) is 12.5 Å². The van der Waals surface area contributed by atoms with E-state index in [9.17, 15) is 9.18 Å². The van der Waals surface area contributed by atoms with Crippen LogP contribution in [0.3, 0.4) is 0 Å². The van der Waals surface area contributed by atoms with E-state index in [4.69, 9.17) is 4.74 Å². The topological polar surface area (TPSA) is 43.3 Å². The van der Waals surface area contributed by atoms with E-state index < -0.39 is 0 Å². The summed E-state index contributed by atoms with van der Waals surface area (Å²) >= 11 is 0. The van der Waals surface area contributed by atoms with Crippen molar-refractivity contribution >= 4 is 11.6 Å². The lowest BCUT2D eigenvalue weighted by molar-refractivity contribution is -0.116. The maximum atomic E-state index is 13.6. The second kappa shape index (κ2) is 7.66. The first-order valence-electron chi connectivity index (χ1n) is 7.97. The van der Waals surface area contributed by atoms with Gasteiger partial charge in [-0.15, -0.1) is 0 Å². The van der Waals surface area contributed by atoms with Crippen molar-refractivity contribution < 1.29 is 13.9 Å². The van der Waals surface area contributed by atoms with E-state index in [0.717, 1.165) is 11.3 Å². The van der Waals surface area contributed by atoms with Gasteiger partial charge in [0.25, 0.3) is 0 Å². The van der Waals surface area contributed by atoms with Crippen LogP contribution < -0.4 is 10.1 Å². The van der Waals surface area contributed by atoms with Crippen LogP contribution in [0.15, 0.2) is 73.1 Å². The van der Waals surface area contributed by atoms with Gasteiger partial charge in [0.1, 0.15) is 11.6 Å². The molecule has 1 atom stereocenters. The lowest BCUT2D eigenvalue weighted by Gasteiger charge is -2.19. The van der Waals surface area contributed by atoms with E-state index in [1.165, 1.54) is 12.1 Å². The molecule has 0 aliphatic heterocycles. The van der Waals surface area contributed by atoms with Gasteiger partial charge >= 0.3 is 0 Å². The number of nitrogens with zero attached hydrogens (tertiary/aromatic N) is 1. The van der Waals surface area contributed by atoms with Crippen molar-refractivity contribution in [1.82, 2.24) is 4.57 Å². The Labute approximate surface area is 145 Å². The van der Waals surface area contributed by atoms with Gasteiger partial charge in [0.05, 0.1) is 19.6 Å². The normalized spacial score (nSPS) is 11.8. The Morgan fingerprint density at radius 3 is 2.48 bits per heavy atom. The quantitative estimate of drug-likeness (QED) is 0.730. The summed E-state index contributed by atoms with van der Waals surface area (Å²) in [5.74, 6) is 0.265. The summed E-state index contributed by atoms with van der Waals surface area (Å²) in [6, 6.07) is 17.0. The third kappa shape index (κ3) is 4.26. The van der Waals surface area contributed by atoms with Crippen LogP contribution in [0.2, 0.25) is 0 Å². The lowest BCUT2D eigenvalue weighted by Crippen LogP contribution is -2.19. The third-order valence-electron chi connectivity index (χ3n) is 3.97. The van der Waals surface area contributed by atoms with Crippen molar-refractivity contribution in [2.75, 3.05) is 12.4 Å². The maximum Gasteiger partial charge on any atom is 0.226 e. The molecule has 0 spiro atoms. The summed E-state index contributed by atoms with van der Waals surface area (Å²) in [7, 11) is 1.59. The molecule has 0 aliphatic carbocycles. The van der Waals surface area contributed by atoms with Gasteiger partial charge in [0, 0.05) is 18.1 Å². The van der Waals surface area contributed by atoms with Gasteiger partial charge < -0.3 is 14.6 Å². The summed E-state index contributed by atoms with van der Waals surface area (Å²) in [6.45, 7) is 0. The number of methoxy groups -OCH3 is 1. The fourth-order valence-electron chi connectivity index (χ4n) is 2.73. The van der Waals surface area contributed by atoms with Crippen LogP contribution in [0.1, 0.15) is 18.0 Å². The number of anilines is 1. The zero-order valence-corrected chi connectivity index (χ0v) is 13.9. The maximum absolute atomic E-state index is 13.6. The highest BCUT2D eigenvalue weighted by Crippen LogP contribution is 2.24. The number of aromatic nitrogens is 1. The number of carbonyl (C=O) groups excluding carboxylic acids is 1. The number of rotatable bonds is 6. The van der Waals surface area contributed by atoms with Crippen molar-refractivity contribution in [2.24, 2.45) is 0 Å². The van der Waals surface area contributed by atoms with Crippen molar-refractivity contribution in [3.05, 3.63) is 84.4 Å². The number of ether oxygens (including phenoxy) is 1. The van der Waals surface area contributed by atoms with Gasteiger partial charge in [-0.05, 0) is 54.1 Å².